The van der Waals surface area contributed by atoms with E-state index < -0.39 is 27.8 Å². The first-order chi connectivity index (χ1) is 9.51. The minimum Gasteiger partial charge on any atom is -0.545 e. The largest absolute Gasteiger partial charge is 1.00 e. The molecule has 0 spiro atoms. The molecule has 0 aliphatic carbocycles. The van der Waals surface area contributed by atoms with Gasteiger partial charge in [-0.05, 0) is 31.3 Å². The second-order valence-electron chi connectivity index (χ2n) is 4.29. The quantitative estimate of drug-likeness (QED) is 0.270. The molecule has 0 saturated heterocycles. The van der Waals surface area contributed by atoms with Crippen molar-refractivity contribution in [3.8, 4) is 0 Å². The Morgan fingerprint density at radius 3 is 1.86 bits per heavy atom. The molecule has 9 heteroatoms. The van der Waals surface area contributed by atoms with Crippen molar-refractivity contribution in [1.29, 1.82) is 0 Å². The Morgan fingerprint density at radius 2 is 1.55 bits per heavy atom. The van der Waals surface area contributed by atoms with Gasteiger partial charge in [0.15, 0.2) is 0 Å². The summed E-state index contributed by atoms with van der Waals surface area (Å²) >= 11 is 0. The number of unbranched alkanes of at least 4 members (excludes halogenated alkanes) is 1. The van der Waals surface area contributed by atoms with Gasteiger partial charge >= 0.3 is 57.4 Å². The van der Waals surface area contributed by atoms with Crippen LogP contribution < -0.4 is 56.5 Å². The van der Waals surface area contributed by atoms with E-state index >= 15 is 0 Å². The summed E-state index contributed by atoms with van der Waals surface area (Å²) in [4.78, 5) is 20.1. The molecule has 0 aromatic rings. The van der Waals surface area contributed by atoms with Crippen LogP contribution in [-0.2, 0) is 19.7 Å². The Hall–Kier alpha value is -0.0336. The summed E-state index contributed by atoms with van der Waals surface area (Å²) in [7, 11) is -4.00. The topological polar surface area (TPSA) is 132 Å². The molecule has 0 rings (SSSR count). The van der Waals surface area contributed by atoms with Crippen LogP contribution in [0.1, 0.15) is 39.0 Å². The fourth-order valence-electron chi connectivity index (χ4n) is 1.07. The zero-order valence-electron chi connectivity index (χ0n) is 13.0. The van der Waals surface area contributed by atoms with Crippen molar-refractivity contribution in [3.63, 3.8) is 0 Å². The number of hydrogen-bond acceptors (Lipinski definition) is 5. The molecule has 122 valence electrons. The Kier molecular flexibility index (Phi) is 17.8. The van der Waals surface area contributed by atoms with Crippen molar-refractivity contribution >= 4 is 22.1 Å². The molecule has 0 radical (unpaired) electrons. The van der Waals surface area contributed by atoms with E-state index in [0.717, 1.165) is 12.8 Å². The zero-order valence-corrected chi connectivity index (χ0v) is 16.9. The second kappa shape index (κ2) is 14.6. The third-order valence-corrected chi connectivity index (χ3v) is 3.11. The van der Waals surface area contributed by atoms with Gasteiger partial charge in [0.1, 0.15) is 0 Å². The fraction of sp³-hybridized carbons (Fsp3) is 0.538. The maximum atomic E-state index is 10.1. The van der Waals surface area contributed by atoms with Crippen LogP contribution in [0.15, 0.2) is 24.3 Å². The van der Waals surface area contributed by atoms with Crippen molar-refractivity contribution in [1.82, 2.24) is 0 Å². The van der Waals surface area contributed by atoms with Gasteiger partial charge in [-0.25, -0.2) is 4.79 Å². The summed E-state index contributed by atoms with van der Waals surface area (Å²) in [5, 5.41) is 18.3. The van der Waals surface area contributed by atoms with Crippen LogP contribution in [0.4, 0.5) is 0 Å². The number of carboxylic acids is 2. The predicted octanol–water partition coefficient (Wildman–Crippen LogP) is -2.22. The molecular weight excluding hydrogens is 339 g/mol. The molecule has 7 nitrogen and oxygen atoms in total. The van der Waals surface area contributed by atoms with Crippen LogP contribution in [0.3, 0.4) is 0 Å². The molecule has 0 amide bonds. The SMILES string of the molecule is C=C(CCCC)C(=O)O.C=C(CCCS(=O)(=O)O)C(=O)[O-].[K+]. The maximum absolute atomic E-state index is 10.1. The number of hydrogen-bond donors (Lipinski definition) is 2. The van der Waals surface area contributed by atoms with Crippen LogP contribution in [0, 0.1) is 0 Å². The predicted molar refractivity (Wildman–Crippen MR) is 76.1 cm³/mol. The van der Waals surface area contributed by atoms with Gasteiger partial charge in [-0.2, -0.15) is 8.42 Å². The molecule has 0 aliphatic rings. The third-order valence-electron chi connectivity index (χ3n) is 2.30. The van der Waals surface area contributed by atoms with Crippen molar-refractivity contribution < 1.29 is 84.2 Å². The standard InChI is InChI=1S/C7H12O2.C6H10O5S.K/c1-3-4-5-6(2)7(8)9;1-5(6(7)8)3-2-4-12(9,10)11;/h2-5H2,1H3,(H,8,9);1-4H2,(H,7,8)(H,9,10,11);/q;;+1/p-1. The summed E-state index contributed by atoms with van der Waals surface area (Å²) in [6, 6.07) is 0. The number of aliphatic carboxylic acids is 2. The van der Waals surface area contributed by atoms with E-state index in [9.17, 15) is 23.1 Å². The van der Waals surface area contributed by atoms with E-state index in [2.05, 4.69) is 13.2 Å². The van der Waals surface area contributed by atoms with Gasteiger partial charge < -0.3 is 15.0 Å². The molecule has 0 aliphatic heterocycles. The summed E-state index contributed by atoms with van der Waals surface area (Å²) in [6.07, 6.45) is 2.59. The van der Waals surface area contributed by atoms with E-state index in [1.54, 1.807) is 0 Å². The first-order valence-electron chi connectivity index (χ1n) is 6.26. The van der Waals surface area contributed by atoms with Gasteiger partial charge in [0, 0.05) is 5.57 Å². The van der Waals surface area contributed by atoms with E-state index in [-0.39, 0.29) is 69.8 Å². The van der Waals surface area contributed by atoms with E-state index in [4.69, 9.17) is 9.66 Å². The van der Waals surface area contributed by atoms with Crippen molar-refractivity contribution in [3.05, 3.63) is 24.3 Å². The van der Waals surface area contributed by atoms with Gasteiger partial charge in [-0.15, -0.1) is 0 Å². The zero-order chi connectivity index (χ0) is 17.1. The summed E-state index contributed by atoms with van der Waals surface area (Å²) in [6.45, 7) is 8.55. The first kappa shape index (κ1) is 26.8. The van der Waals surface area contributed by atoms with Crippen LogP contribution in [-0.4, -0.2) is 35.8 Å². The molecule has 0 heterocycles. The molecule has 0 aromatic carbocycles. The van der Waals surface area contributed by atoms with E-state index in [1.807, 2.05) is 6.92 Å². The van der Waals surface area contributed by atoms with Crippen molar-refractivity contribution in [2.24, 2.45) is 0 Å². The average Bonchev–Trinajstić information content (AvgIpc) is 2.34. The van der Waals surface area contributed by atoms with Gasteiger partial charge in [0.2, 0.25) is 0 Å². The molecule has 0 saturated carbocycles. The normalized spacial score (nSPS) is 9.73. The molecule has 0 fully saturated rings. The smallest absolute Gasteiger partial charge is 0.545 e. The number of carbonyl (C=O) groups excluding carboxylic acids is 1. The van der Waals surface area contributed by atoms with E-state index in [1.165, 1.54) is 0 Å². The molecule has 0 bridgehead atoms. The molecule has 0 unspecified atom stereocenters. The van der Waals surface area contributed by atoms with Crippen LogP contribution >= 0.6 is 0 Å². The Morgan fingerprint density at radius 1 is 1.09 bits per heavy atom. The molecular formula is C13H21KO7S. The maximum Gasteiger partial charge on any atom is 1.00 e. The monoisotopic (exact) mass is 360 g/mol. The molecule has 22 heavy (non-hydrogen) atoms. The Balaban J connectivity index is -0.000000326. The third kappa shape index (κ3) is 20.0. The van der Waals surface area contributed by atoms with Crippen LogP contribution in [0.5, 0.6) is 0 Å². The minimum atomic E-state index is -4.00. The number of carboxylic acid groups (broad SMARTS) is 2. The molecule has 2 N–H and O–H groups in total. The Labute approximate surface area is 173 Å². The van der Waals surface area contributed by atoms with Gasteiger partial charge in [0.25, 0.3) is 10.1 Å². The summed E-state index contributed by atoms with van der Waals surface area (Å²) in [5.74, 6) is -2.73. The number of rotatable bonds is 9. The summed E-state index contributed by atoms with van der Waals surface area (Å²) < 4.78 is 28.5. The van der Waals surface area contributed by atoms with Gasteiger partial charge in [-0.1, -0.05) is 26.5 Å². The van der Waals surface area contributed by atoms with Gasteiger partial charge in [-0.3, -0.25) is 4.55 Å². The summed E-state index contributed by atoms with van der Waals surface area (Å²) in [5.41, 5.74) is 0.149. The first-order valence-corrected chi connectivity index (χ1v) is 7.87. The second-order valence-corrected chi connectivity index (χ2v) is 5.86. The van der Waals surface area contributed by atoms with Gasteiger partial charge in [0.05, 0.1) is 11.7 Å². The molecule has 0 aromatic heterocycles. The van der Waals surface area contributed by atoms with Crippen LogP contribution in [0.2, 0.25) is 0 Å². The molecule has 0 atom stereocenters. The fourth-order valence-corrected chi connectivity index (χ4v) is 1.58. The van der Waals surface area contributed by atoms with Crippen molar-refractivity contribution in [2.75, 3.05) is 5.75 Å². The number of carbonyl (C=O) groups is 2. The Bertz CT molecular complexity index is 483. The van der Waals surface area contributed by atoms with Crippen LogP contribution in [0.25, 0.3) is 0 Å². The minimum absolute atomic E-state index is 0. The van der Waals surface area contributed by atoms with E-state index in [0.29, 0.717) is 12.0 Å². The average molecular weight is 360 g/mol. The van der Waals surface area contributed by atoms with Crippen molar-refractivity contribution in [2.45, 2.75) is 39.0 Å².